The summed E-state index contributed by atoms with van der Waals surface area (Å²) in [5.41, 5.74) is 3.90. The van der Waals surface area contributed by atoms with E-state index in [9.17, 15) is 15.3 Å². The number of anilines is 2. The number of fused-ring (bicyclic) bond motifs is 1. The molecule has 0 spiro atoms. The van der Waals surface area contributed by atoms with Gasteiger partial charge in [-0.3, -0.25) is 0 Å². The third kappa shape index (κ3) is 2.56. The Labute approximate surface area is 159 Å². The molecule has 2 fully saturated rings. The molecule has 3 atom stereocenters. The van der Waals surface area contributed by atoms with Gasteiger partial charge in [-0.25, -0.2) is 0 Å². The second kappa shape index (κ2) is 6.06. The van der Waals surface area contributed by atoms with Gasteiger partial charge in [0, 0.05) is 17.5 Å². The summed E-state index contributed by atoms with van der Waals surface area (Å²) in [6.07, 6.45) is 7.20. The zero-order valence-corrected chi connectivity index (χ0v) is 15.3. The lowest BCUT2D eigenvalue weighted by Gasteiger charge is -2.56. The third-order valence-electron chi connectivity index (χ3n) is 7.01. The van der Waals surface area contributed by atoms with E-state index < -0.39 is 0 Å². The van der Waals surface area contributed by atoms with Crippen molar-refractivity contribution in [2.45, 2.75) is 50.0 Å². The van der Waals surface area contributed by atoms with Gasteiger partial charge >= 0.3 is 0 Å². The number of hydrogen-bond donors (Lipinski definition) is 5. The number of hydrogen-bond acceptors (Lipinski definition) is 5. The molecule has 142 valence electrons. The molecule has 0 amide bonds. The SMILES string of the molecule is Oc1ccc(Nc2cc3c(cc2O)[C@]24CCCC[C@@H]2[C@H](C3)NCC4)c(O)c1. The summed E-state index contributed by atoms with van der Waals surface area (Å²) < 4.78 is 0. The lowest BCUT2D eigenvalue weighted by molar-refractivity contribution is 0.0796. The maximum atomic E-state index is 10.7. The van der Waals surface area contributed by atoms with E-state index in [2.05, 4.69) is 10.6 Å². The first-order chi connectivity index (χ1) is 13.1. The van der Waals surface area contributed by atoms with Crippen LogP contribution >= 0.6 is 0 Å². The number of rotatable bonds is 2. The first-order valence-electron chi connectivity index (χ1n) is 9.95. The van der Waals surface area contributed by atoms with Crippen LogP contribution in [0.15, 0.2) is 30.3 Å². The Morgan fingerprint density at radius 3 is 2.67 bits per heavy atom. The number of benzene rings is 2. The summed E-state index contributed by atoms with van der Waals surface area (Å²) in [6.45, 7) is 1.06. The standard InChI is InChI=1S/C22H26N2O3/c25-14-4-5-17(20(26)11-14)24-19-10-13-9-18-15-3-1-2-6-22(15,7-8-23-18)16(13)12-21(19)27/h4-5,10-12,15,18,23-27H,1-3,6-9H2/t15-,18+,22+/m1/s1. The van der Waals surface area contributed by atoms with E-state index in [1.165, 1.54) is 48.9 Å². The molecule has 0 aromatic heterocycles. The minimum atomic E-state index is -0.0448. The topological polar surface area (TPSA) is 84.8 Å². The second-order valence-electron chi connectivity index (χ2n) is 8.38. The Morgan fingerprint density at radius 1 is 0.963 bits per heavy atom. The highest BCUT2D eigenvalue weighted by atomic mass is 16.3. The highest BCUT2D eigenvalue weighted by molar-refractivity contribution is 5.72. The van der Waals surface area contributed by atoms with Crippen molar-refractivity contribution < 1.29 is 15.3 Å². The van der Waals surface area contributed by atoms with Gasteiger partial charge in [-0.2, -0.15) is 0 Å². The van der Waals surface area contributed by atoms with E-state index in [4.69, 9.17) is 0 Å². The normalized spacial score (nSPS) is 28.9. The van der Waals surface area contributed by atoms with Crippen molar-refractivity contribution in [2.24, 2.45) is 5.92 Å². The summed E-state index contributed by atoms with van der Waals surface area (Å²) in [5.74, 6) is 0.856. The second-order valence-corrected chi connectivity index (χ2v) is 8.38. The van der Waals surface area contributed by atoms with E-state index in [0.29, 0.717) is 23.3 Å². The van der Waals surface area contributed by atoms with Crippen LogP contribution in [0.25, 0.3) is 0 Å². The first kappa shape index (κ1) is 16.8. The molecule has 3 aliphatic rings. The molecule has 1 heterocycles. The van der Waals surface area contributed by atoms with Crippen LogP contribution in [0.1, 0.15) is 43.2 Å². The minimum Gasteiger partial charge on any atom is -0.508 e. The fourth-order valence-electron chi connectivity index (χ4n) is 5.84. The van der Waals surface area contributed by atoms with Crippen molar-refractivity contribution in [1.29, 1.82) is 0 Å². The minimum absolute atomic E-state index is 0.00838. The summed E-state index contributed by atoms with van der Waals surface area (Å²) >= 11 is 0. The van der Waals surface area contributed by atoms with Crippen molar-refractivity contribution in [2.75, 3.05) is 11.9 Å². The first-order valence-corrected chi connectivity index (χ1v) is 9.95. The van der Waals surface area contributed by atoms with Gasteiger partial charge in [0.05, 0.1) is 11.4 Å². The van der Waals surface area contributed by atoms with E-state index >= 15 is 0 Å². The largest absolute Gasteiger partial charge is 0.508 e. The molecule has 1 aliphatic heterocycles. The third-order valence-corrected chi connectivity index (χ3v) is 7.01. The van der Waals surface area contributed by atoms with Crippen LogP contribution in [-0.4, -0.2) is 27.9 Å². The van der Waals surface area contributed by atoms with Crippen molar-refractivity contribution in [3.63, 3.8) is 0 Å². The number of nitrogens with one attached hydrogen (secondary N) is 2. The Kier molecular flexibility index (Phi) is 3.76. The van der Waals surface area contributed by atoms with Crippen LogP contribution in [0.3, 0.4) is 0 Å². The Balaban J connectivity index is 1.56. The van der Waals surface area contributed by atoms with Gasteiger partial charge in [0.1, 0.15) is 17.2 Å². The average Bonchev–Trinajstić information content (AvgIpc) is 2.65. The Bertz CT molecular complexity index is 893. The lowest BCUT2D eigenvalue weighted by atomic mass is 9.53. The summed E-state index contributed by atoms with van der Waals surface area (Å²) in [7, 11) is 0. The van der Waals surface area contributed by atoms with Gasteiger partial charge in [0.15, 0.2) is 0 Å². The van der Waals surface area contributed by atoms with Crippen molar-refractivity contribution in [1.82, 2.24) is 5.32 Å². The quantitative estimate of drug-likeness (QED) is 0.411. The fraction of sp³-hybridized carbons (Fsp3) is 0.455. The summed E-state index contributed by atoms with van der Waals surface area (Å²) in [5, 5.41) is 37.1. The highest BCUT2D eigenvalue weighted by Gasteiger charge is 2.51. The molecule has 5 rings (SSSR count). The van der Waals surface area contributed by atoms with E-state index in [0.717, 1.165) is 19.4 Å². The zero-order chi connectivity index (χ0) is 18.6. The maximum absolute atomic E-state index is 10.7. The van der Waals surface area contributed by atoms with Gasteiger partial charge in [0.25, 0.3) is 0 Å². The Morgan fingerprint density at radius 2 is 1.81 bits per heavy atom. The zero-order valence-electron chi connectivity index (χ0n) is 15.3. The molecule has 1 saturated carbocycles. The molecule has 5 heteroatoms. The molecule has 5 N–H and O–H groups in total. The van der Waals surface area contributed by atoms with E-state index in [1.807, 2.05) is 12.1 Å². The monoisotopic (exact) mass is 366 g/mol. The average molecular weight is 366 g/mol. The number of phenolic OH excluding ortho intramolecular Hbond substituents is 3. The smallest absolute Gasteiger partial charge is 0.142 e. The Hall–Kier alpha value is -2.40. The molecule has 27 heavy (non-hydrogen) atoms. The predicted molar refractivity (Wildman–Crippen MR) is 105 cm³/mol. The van der Waals surface area contributed by atoms with Crippen LogP contribution < -0.4 is 10.6 Å². The van der Waals surface area contributed by atoms with Gasteiger partial charge in [0.2, 0.25) is 0 Å². The van der Waals surface area contributed by atoms with Crippen LogP contribution in [0.4, 0.5) is 11.4 Å². The summed E-state index contributed by atoms with van der Waals surface area (Å²) in [6, 6.07) is 8.94. The van der Waals surface area contributed by atoms with Crippen LogP contribution in [0.2, 0.25) is 0 Å². The van der Waals surface area contributed by atoms with Crippen molar-refractivity contribution in [3.05, 3.63) is 41.5 Å². The van der Waals surface area contributed by atoms with E-state index in [-0.39, 0.29) is 22.7 Å². The maximum Gasteiger partial charge on any atom is 0.142 e. The van der Waals surface area contributed by atoms with Gasteiger partial charge in [-0.15, -0.1) is 0 Å². The molecule has 0 unspecified atom stereocenters. The van der Waals surface area contributed by atoms with E-state index in [1.54, 1.807) is 6.07 Å². The molecule has 1 saturated heterocycles. The highest BCUT2D eigenvalue weighted by Crippen LogP contribution is 2.55. The van der Waals surface area contributed by atoms with Gasteiger partial charge in [-0.05, 0) is 73.5 Å². The fourth-order valence-corrected chi connectivity index (χ4v) is 5.84. The molecule has 2 aromatic rings. The molecule has 2 aliphatic carbocycles. The molecule has 5 nitrogen and oxygen atoms in total. The van der Waals surface area contributed by atoms with Crippen molar-refractivity contribution in [3.8, 4) is 17.2 Å². The van der Waals surface area contributed by atoms with Crippen LogP contribution in [0, 0.1) is 5.92 Å². The van der Waals surface area contributed by atoms with Crippen LogP contribution in [-0.2, 0) is 11.8 Å². The number of piperidine rings is 1. The molecule has 2 aromatic carbocycles. The molecule has 0 radical (unpaired) electrons. The molecular weight excluding hydrogens is 340 g/mol. The van der Waals surface area contributed by atoms with Crippen LogP contribution in [0.5, 0.6) is 17.2 Å². The van der Waals surface area contributed by atoms with Crippen molar-refractivity contribution >= 4 is 11.4 Å². The predicted octanol–water partition coefficient (Wildman–Crippen LogP) is 3.89. The molecular formula is C22H26N2O3. The summed E-state index contributed by atoms with van der Waals surface area (Å²) in [4.78, 5) is 0. The number of phenols is 3. The van der Waals surface area contributed by atoms with Gasteiger partial charge < -0.3 is 26.0 Å². The lowest BCUT2D eigenvalue weighted by Crippen LogP contribution is -2.59. The number of aromatic hydroxyl groups is 3. The molecule has 2 bridgehead atoms. The van der Waals surface area contributed by atoms with Gasteiger partial charge in [-0.1, -0.05) is 12.8 Å².